The topological polar surface area (TPSA) is 55.1 Å². The summed E-state index contributed by atoms with van der Waals surface area (Å²) in [7, 11) is 0. The molecule has 2 bridgehead atoms. The summed E-state index contributed by atoms with van der Waals surface area (Å²) in [6.45, 7) is 2.17. The molecule has 0 aliphatic heterocycles. The maximum atomic E-state index is 13.2. The highest BCUT2D eigenvalue weighted by Crippen LogP contribution is 2.47. The molecule has 2 fully saturated rings. The second-order valence-corrected chi connectivity index (χ2v) is 6.24. The normalized spacial score (nSPS) is 31.6. The summed E-state index contributed by atoms with van der Waals surface area (Å²) >= 11 is 0. The number of carbonyl (C=O) groups is 1. The minimum Gasteiger partial charge on any atom is -0.352 e. The Bertz CT molecular complexity index is 529. The van der Waals surface area contributed by atoms with Gasteiger partial charge in [0.15, 0.2) is 0 Å². The lowest BCUT2D eigenvalue weighted by molar-refractivity contribution is -0.127. The monoisotopic (exact) mass is 276 g/mol. The molecule has 0 aromatic heterocycles. The van der Waals surface area contributed by atoms with Crippen molar-refractivity contribution in [3.05, 3.63) is 35.1 Å². The van der Waals surface area contributed by atoms with Crippen LogP contribution in [0, 0.1) is 30.5 Å². The lowest BCUT2D eigenvalue weighted by Gasteiger charge is -2.27. The Morgan fingerprint density at radius 1 is 1.40 bits per heavy atom. The van der Waals surface area contributed by atoms with Crippen LogP contribution in [0.15, 0.2) is 18.2 Å². The first-order valence-corrected chi connectivity index (χ1v) is 7.34. The van der Waals surface area contributed by atoms with E-state index in [-0.39, 0.29) is 23.7 Å². The number of rotatable bonds is 3. The average molecular weight is 276 g/mol. The minimum absolute atomic E-state index is 0.0173. The van der Waals surface area contributed by atoms with Crippen LogP contribution in [0.25, 0.3) is 0 Å². The van der Waals surface area contributed by atoms with E-state index in [9.17, 15) is 9.18 Å². The minimum atomic E-state index is -0.213. The van der Waals surface area contributed by atoms with Gasteiger partial charge in [0.2, 0.25) is 5.91 Å². The van der Waals surface area contributed by atoms with E-state index in [0.29, 0.717) is 23.9 Å². The molecule has 1 aromatic rings. The van der Waals surface area contributed by atoms with E-state index in [4.69, 9.17) is 5.73 Å². The molecule has 4 heteroatoms. The van der Waals surface area contributed by atoms with Crippen molar-refractivity contribution < 1.29 is 9.18 Å². The molecule has 3 rings (SSSR count). The Hall–Kier alpha value is -1.42. The van der Waals surface area contributed by atoms with E-state index in [1.54, 1.807) is 19.1 Å². The number of carbonyl (C=O) groups excluding carboxylic acids is 1. The standard InChI is InChI=1S/C16H21FN2O/c1-9-6-10(2-5-13(9)17)8-19-16(20)14-11-3-4-12(7-11)15(14)18/h2,5-6,11-12,14-15H,3-4,7-8,18H2,1H3,(H,19,20). The van der Waals surface area contributed by atoms with Crippen molar-refractivity contribution in [1.82, 2.24) is 5.32 Å². The smallest absolute Gasteiger partial charge is 0.225 e. The van der Waals surface area contributed by atoms with Crippen LogP contribution in [-0.4, -0.2) is 11.9 Å². The van der Waals surface area contributed by atoms with Crippen LogP contribution >= 0.6 is 0 Å². The van der Waals surface area contributed by atoms with Gasteiger partial charge < -0.3 is 11.1 Å². The van der Waals surface area contributed by atoms with Gasteiger partial charge in [-0.3, -0.25) is 4.79 Å². The van der Waals surface area contributed by atoms with Crippen LogP contribution in [0.2, 0.25) is 0 Å². The fourth-order valence-electron chi connectivity index (χ4n) is 3.85. The highest BCUT2D eigenvalue weighted by Gasteiger charge is 2.48. The predicted molar refractivity (Wildman–Crippen MR) is 75.3 cm³/mol. The Morgan fingerprint density at radius 3 is 2.80 bits per heavy atom. The number of nitrogens with two attached hydrogens (primary N) is 1. The zero-order valence-electron chi connectivity index (χ0n) is 11.7. The molecule has 0 spiro atoms. The summed E-state index contributed by atoms with van der Waals surface area (Å²) in [5, 5.41) is 2.96. The average Bonchev–Trinajstić information content (AvgIpc) is 3.00. The lowest BCUT2D eigenvalue weighted by atomic mass is 9.84. The van der Waals surface area contributed by atoms with E-state index in [2.05, 4.69) is 5.32 Å². The van der Waals surface area contributed by atoms with Gasteiger partial charge >= 0.3 is 0 Å². The van der Waals surface area contributed by atoms with Crippen LogP contribution in [-0.2, 0) is 11.3 Å². The largest absolute Gasteiger partial charge is 0.352 e. The van der Waals surface area contributed by atoms with Gasteiger partial charge in [0.05, 0.1) is 5.92 Å². The zero-order valence-corrected chi connectivity index (χ0v) is 11.7. The Morgan fingerprint density at radius 2 is 2.15 bits per heavy atom. The summed E-state index contributed by atoms with van der Waals surface area (Å²) < 4.78 is 13.2. The molecular formula is C16H21FN2O. The molecule has 1 aromatic carbocycles. The van der Waals surface area contributed by atoms with Crippen LogP contribution in [0.1, 0.15) is 30.4 Å². The van der Waals surface area contributed by atoms with Crippen molar-refractivity contribution in [3.8, 4) is 0 Å². The number of hydrogen-bond donors (Lipinski definition) is 2. The highest BCUT2D eigenvalue weighted by atomic mass is 19.1. The molecule has 2 saturated carbocycles. The van der Waals surface area contributed by atoms with Crippen molar-refractivity contribution in [1.29, 1.82) is 0 Å². The van der Waals surface area contributed by atoms with Crippen molar-refractivity contribution in [2.45, 2.75) is 38.8 Å². The SMILES string of the molecule is Cc1cc(CNC(=O)C2C3CCC(C3)C2N)ccc1F. The number of fused-ring (bicyclic) bond motifs is 2. The van der Waals surface area contributed by atoms with Crippen LogP contribution < -0.4 is 11.1 Å². The summed E-state index contributed by atoms with van der Waals surface area (Å²) in [4.78, 5) is 12.3. The number of halogens is 1. The van der Waals surface area contributed by atoms with Gasteiger partial charge in [-0.25, -0.2) is 4.39 Å². The summed E-state index contributed by atoms with van der Waals surface area (Å²) in [6.07, 6.45) is 3.41. The molecule has 3 nitrogen and oxygen atoms in total. The van der Waals surface area contributed by atoms with Gasteiger partial charge in [0.25, 0.3) is 0 Å². The molecule has 108 valence electrons. The van der Waals surface area contributed by atoms with Gasteiger partial charge in [0, 0.05) is 12.6 Å². The molecule has 2 aliphatic rings. The van der Waals surface area contributed by atoms with Crippen molar-refractivity contribution in [2.24, 2.45) is 23.5 Å². The molecule has 1 amide bonds. The van der Waals surface area contributed by atoms with E-state index in [1.165, 1.54) is 12.5 Å². The molecule has 2 aliphatic carbocycles. The van der Waals surface area contributed by atoms with E-state index in [0.717, 1.165) is 18.4 Å². The molecule has 4 unspecified atom stereocenters. The first-order valence-electron chi connectivity index (χ1n) is 7.34. The first-order chi connectivity index (χ1) is 9.56. The van der Waals surface area contributed by atoms with Gasteiger partial charge in [-0.1, -0.05) is 12.1 Å². The molecule has 20 heavy (non-hydrogen) atoms. The number of benzene rings is 1. The van der Waals surface area contributed by atoms with Crippen LogP contribution in [0.5, 0.6) is 0 Å². The summed E-state index contributed by atoms with van der Waals surface area (Å²) in [5.74, 6) is 0.811. The number of amides is 1. The Labute approximate surface area is 118 Å². The van der Waals surface area contributed by atoms with Gasteiger partial charge in [-0.05, 0) is 55.2 Å². The van der Waals surface area contributed by atoms with Crippen molar-refractivity contribution >= 4 is 5.91 Å². The molecule has 0 heterocycles. The Kier molecular flexibility index (Phi) is 3.50. The molecule has 4 atom stereocenters. The lowest BCUT2D eigenvalue weighted by Crippen LogP contribution is -2.45. The fourth-order valence-corrected chi connectivity index (χ4v) is 3.85. The van der Waals surface area contributed by atoms with Gasteiger partial charge in [0.1, 0.15) is 5.82 Å². The van der Waals surface area contributed by atoms with Crippen molar-refractivity contribution in [2.75, 3.05) is 0 Å². The maximum absolute atomic E-state index is 13.2. The first kappa shape index (κ1) is 13.6. The van der Waals surface area contributed by atoms with E-state index >= 15 is 0 Å². The predicted octanol–water partition coefficient (Wildman–Crippen LogP) is 2.12. The quantitative estimate of drug-likeness (QED) is 0.888. The molecule has 0 saturated heterocycles. The number of hydrogen-bond acceptors (Lipinski definition) is 2. The second kappa shape index (κ2) is 5.17. The second-order valence-electron chi connectivity index (χ2n) is 6.24. The summed E-state index contributed by atoms with van der Waals surface area (Å²) in [5.41, 5.74) is 7.70. The van der Waals surface area contributed by atoms with Gasteiger partial charge in [-0.15, -0.1) is 0 Å². The van der Waals surface area contributed by atoms with Gasteiger partial charge in [-0.2, -0.15) is 0 Å². The third kappa shape index (κ3) is 2.33. The van der Waals surface area contributed by atoms with E-state index < -0.39 is 0 Å². The third-order valence-electron chi connectivity index (χ3n) is 4.97. The Balaban J connectivity index is 1.61. The fraction of sp³-hybridized carbons (Fsp3) is 0.562. The van der Waals surface area contributed by atoms with Crippen LogP contribution in [0.4, 0.5) is 4.39 Å². The third-order valence-corrected chi connectivity index (χ3v) is 4.97. The van der Waals surface area contributed by atoms with Crippen LogP contribution in [0.3, 0.4) is 0 Å². The number of nitrogens with one attached hydrogen (secondary N) is 1. The molecular weight excluding hydrogens is 255 g/mol. The van der Waals surface area contributed by atoms with Crippen molar-refractivity contribution in [3.63, 3.8) is 0 Å². The molecule has 3 N–H and O–H groups in total. The summed E-state index contributed by atoms with van der Waals surface area (Å²) in [6, 6.07) is 4.95. The zero-order chi connectivity index (χ0) is 14.3. The molecule has 0 radical (unpaired) electrons. The highest BCUT2D eigenvalue weighted by molar-refractivity contribution is 5.80. The van der Waals surface area contributed by atoms with E-state index in [1.807, 2.05) is 0 Å². The number of aryl methyl sites for hydroxylation is 1. The maximum Gasteiger partial charge on any atom is 0.225 e.